The number of nitrogens with one attached hydrogen (secondary N) is 1. The van der Waals surface area contributed by atoms with Gasteiger partial charge >= 0.3 is 5.97 Å². The Balaban J connectivity index is 2.34. The van der Waals surface area contributed by atoms with E-state index in [1.54, 1.807) is 43.3 Å². The van der Waals surface area contributed by atoms with Crippen molar-refractivity contribution in [3.8, 4) is 5.75 Å². The molecule has 138 valence electrons. The Bertz CT molecular complexity index is 762. The van der Waals surface area contributed by atoms with Gasteiger partial charge in [-0.05, 0) is 30.2 Å². The van der Waals surface area contributed by atoms with Crippen LogP contribution in [0.15, 0.2) is 54.6 Å². The number of rotatable bonds is 8. The predicted octanol–water partition coefficient (Wildman–Crippen LogP) is 2.89. The molecule has 0 aliphatic rings. The monoisotopic (exact) mass is 357 g/mol. The average molecular weight is 357 g/mol. The highest BCUT2D eigenvalue weighted by Gasteiger charge is 2.34. The molecule has 2 aromatic carbocycles. The summed E-state index contributed by atoms with van der Waals surface area (Å²) in [6.45, 7) is 1.67. The zero-order chi connectivity index (χ0) is 19.2. The first kappa shape index (κ1) is 19.5. The molecular formula is C20H23NO5. The lowest BCUT2D eigenvalue weighted by Gasteiger charge is -2.32. The van der Waals surface area contributed by atoms with Crippen LogP contribution >= 0.6 is 0 Å². The second-order valence-corrected chi connectivity index (χ2v) is 6.15. The molecule has 0 saturated carbocycles. The number of benzene rings is 2. The van der Waals surface area contributed by atoms with E-state index in [4.69, 9.17) is 9.47 Å². The molecule has 0 bridgehead atoms. The quantitative estimate of drug-likeness (QED) is 0.759. The van der Waals surface area contributed by atoms with Crippen molar-refractivity contribution in [3.63, 3.8) is 0 Å². The van der Waals surface area contributed by atoms with Gasteiger partial charge in [0.25, 0.3) is 5.91 Å². The maximum Gasteiger partial charge on any atom is 0.306 e. The van der Waals surface area contributed by atoms with Gasteiger partial charge in [0.05, 0.1) is 19.1 Å². The fourth-order valence-corrected chi connectivity index (χ4v) is 2.85. The Hall–Kier alpha value is -2.86. The van der Waals surface area contributed by atoms with E-state index in [0.717, 1.165) is 0 Å². The Morgan fingerprint density at radius 1 is 1.12 bits per heavy atom. The van der Waals surface area contributed by atoms with Gasteiger partial charge in [-0.25, -0.2) is 0 Å². The van der Waals surface area contributed by atoms with Crippen LogP contribution in [0.25, 0.3) is 0 Å². The van der Waals surface area contributed by atoms with Gasteiger partial charge in [-0.1, -0.05) is 42.5 Å². The fraction of sp³-hybridized carbons (Fsp3) is 0.300. The van der Waals surface area contributed by atoms with Crippen molar-refractivity contribution in [2.45, 2.75) is 25.0 Å². The van der Waals surface area contributed by atoms with Crippen molar-refractivity contribution < 1.29 is 24.2 Å². The zero-order valence-electron chi connectivity index (χ0n) is 15.1. The van der Waals surface area contributed by atoms with E-state index < -0.39 is 23.5 Å². The lowest BCUT2D eigenvalue weighted by Crippen LogP contribution is -2.47. The summed E-state index contributed by atoms with van der Waals surface area (Å²) < 4.78 is 10.6. The van der Waals surface area contributed by atoms with Crippen LogP contribution in [0.5, 0.6) is 5.75 Å². The SMILES string of the molecule is COc1cccc(C(C)(CC(=O)O)NC(=O)C(OC)c2ccccc2)c1. The molecule has 0 heterocycles. The topological polar surface area (TPSA) is 84.9 Å². The number of hydrogen-bond donors (Lipinski definition) is 2. The van der Waals surface area contributed by atoms with E-state index >= 15 is 0 Å². The Morgan fingerprint density at radius 3 is 2.38 bits per heavy atom. The van der Waals surface area contributed by atoms with E-state index in [2.05, 4.69) is 5.32 Å². The third kappa shape index (κ3) is 4.61. The van der Waals surface area contributed by atoms with E-state index in [9.17, 15) is 14.7 Å². The van der Waals surface area contributed by atoms with Crippen molar-refractivity contribution in [1.82, 2.24) is 5.32 Å². The second-order valence-electron chi connectivity index (χ2n) is 6.15. The van der Waals surface area contributed by atoms with Gasteiger partial charge in [-0.3, -0.25) is 9.59 Å². The standard InChI is InChI=1S/C20H23NO5/c1-20(13-17(22)23,15-10-7-11-16(12-15)25-2)21-19(24)18(26-3)14-8-5-4-6-9-14/h4-12,18H,13H2,1-3H3,(H,21,24)(H,22,23). The molecule has 2 atom stereocenters. The molecule has 0 saturated heterocycles. The van der Waals surface area contributed by atoms with Crippen LogP contribution in [0, 0.1) is 0 Å². The number of amides is 1. The molecule has 2 aromatic rings. The highest BCUT2D eigenvalue weighted by atomic mass is 16.5. The maximum absolute atomic E-state index is 12.8. The van der Waals surface area contributed by atoms with Crippen LogP contribution < -0.4 is 10.1 Å². The lowest BCUT2D eigenvalue weighted by molar-refractivity contribution is -0.140. The maximum atomic E-state index is 12.8. The van der Waals surface area contributed by atoms with Gasteiger partial charge in [-0.15, -0.1) is 0 Å². The number of carbonyl (C=O) groups is 2. The Morgan fingerprint density at radius 2 is 1.81 bits per heavy atom. The van der Waals surface area contributed by atoms with Crippen LogP contribution in [0.2, 0.25) is 0 Å². The molecule has 2 unspecified atom stereocenters. The van der Waals surface area contributed by atoms with Gasteiger partial charge in [0.1, 0.15) is 5.75 Å². The molecular weight excluding hydrogens is 334 g/mol. The summed E-state index contributed by atoms with van der Waals surface area (Å²) in [6, 6.07) is 16.0. The second kappa shape index (κ2) is 8.49. The van der Waals surface area contributed by atoms with Crippen molar-refractivity contribution in [2.75, 3.05) is 14.2 Å². The molecule has 0 radical (unpaired) electrons. The molecule has 0 fully saturated rings. The van der Waals surface area contributed by atoms with Crippen LogP contribution in [-0.2, 0) is 19.9 Å². The Labute approximate surface area is 152 Å². The average Bonchev–Trinajstić information content (AvgIpc) is 2.62. The molecule has 6 nitrogen and oxygen atoms in total. The molecule has 26 heavy (non-hydrogen) atoms. The van der Waals surface area contributed by atoms with Crippen molar-refractivity contribution in [1.29, 1.82) is 0 Å². The molecule has 0 aromatic heterocycles. The number of carboxylic acid groups (broad SMARTS) is 1. The highest BCUT2D eigenvalue weighted by Crippen LogP contribution is 2.29. The summed E-state index contributed by atoms with van der Waals surface area (Å²) >= 11 is 0. The van der Waals surface area contributed by atoms with Gasteiger partial charge < -0.3 is 19.9 Å². The minimum Gasteiger partial charge on any atom is -0.497 e. The van der Waals surface area contributed by atoms with Gasteiger partial charge in [0, 0.05) is 7.11 Å². The third-order valence-electron chi connectivity index (χ3n) is 4.19. The normalized spacial score (nSPS) is 14.1. The van der Waals surface area contributed by atoms with Gasteiger partial charge in [-0.2, -0.15) is 0 Å². The van der Waals surface area contributed by atoms with E-state index in [1.807, 2.05) is 18.2 Å². The minimum atomic E-state index is -1.12. The van der Waals surface area contributed by atoms with Gasteiger partial charge in [0.2, 0.25) is 0 Å². The zero-order valence-corrected chi connectivity index (χ0v) is 15.1. The molecule has 0 spiro atoms. The van der Waals surface area contributed by atoms with Crippen molar-refractivity contribution in [3.05, 3.63) is 65.7 Å². The summed E-state index contributed by atoms with van der Waals surface area (Å²) in [4.78, 5) is 24.3. The van der Waals surface area contributed by atoms with Gasteiger partial charge in [0.15, 0.2) is 6.10 Å². The third-order valence-corrected chi connectivity index (χ3v) is 4.19. The number of aliphatic carboxylic acids is 1. The van der Waals surface area contributed by atoms with Crippen LogP contribution in [-0.4, -0.2) is 31.2 Å². The molecule has 6 heteroatoms. The summed E-state index contributed by atoms with van der Waals surface area (Å²) in [5.74, 6) is -0.853. The Kier molecular flexibility index (Phi) is 6.36. The summed E-state index contributed by atoms with van der Waals surface area (Å²) in [5, 5.41) is 12.2. The predicted molar refractivity (Wildman–Crippen MR) is 96.9 cm³/mol. The van der Waals surface area contributed by atoms with E-state index in [1.165, 1.54) is 14.2 Å². The summed E-state index contributed by atoms with van der Waals surface area (Å²) in [5.41, 5.74) is 0.203. The first-order chi connectivity index (χ1) is 12.4. The number of carboxylic acids is 1. The lowest BCUT2D eigenvalue weighted by atomic mass is 9.87. The van der Waals surface area contributed by atoms with Crippen LogP contribution in [0.1, 0.15) is 30.6 Å². The number of carbonyl (C=O) groups excluding carboxylic acids is 1. The number of methoxy groups -OCH3 is 2. The van der Waals surface area contributed by atoms with E-state index in [0.29, 0.717) is 16.9 Å². The summed E-state index contributed by atoms with van der Waals surface area (Å²) in [7, 11) is 2.97. The largest absolute Gasteiger partial charge is 0.497 e. The first-order valence-electron chi connectivity index (χ1n) is 8.15. The highest BCUT2D eigenvalue weighted by molar-refractivity contribution is 5.84. The smallest absolute Gasteiger partial charge is 0.306 e. The minimum absolute atomic E-state index is 0.281. The van der Waals surface area contributed by atoms with Crippen LogP contribution in [0.4, 0.5) is 0 Å². The molecule has 2 N–H and O–H groups in total. The first-order valence-corrected chi connectivity index (χ1v) is 8.15. The fourth-order valence-electron chi connectivity index (χ4n) is 2.85. The van der Waals surface area contributed by atoms with Crippen molar-refractivity contribution in [2.24, 2.45) is 0 Å². The number of hydrogen-bond acceptors (Lipinski definition) is 4. The molecule has 2 rings (SSSR count). The summed E-state index contributed by atoms with van der Waals surface area (Å²) in [6.07, 6.45) is -1.12. The molecule has 1 amide bonds. The van der Waals surface area contributed by atoms with Crippen LogP contribution in [0.3, 0.4) is 0 Å². The van der Waals surface area contributed by atoms with E-state index in [-0.39, 0.29) is 6.42 Å². The molecule has 0 aliphatic heterocycles. The van der Waals surface area contributed by atoms with Crippen molar-refractivity contribution >= 4 is 11.9 Å². The number of ether oxygens (including phenoxy) is 2. The molecule has 0 aliphatic carbocycles.